The van der Waals surface area contributed by atoms with E-state index in [0.717, 1.165) is 17.9 Å². The molecular formula is C17H19N3O2. The van der Waals surface area contributed by atoms with E-state index in [9.17, 15) is 4.79 Å². The topological polar surface area (TPSA) is 55.3 Å². The molecule has 0 bridgehead atoms. The molecule has 0 spiro atoms. The van der Waals surface area contributed by atoms with Gasteiger partial charge in [-0.25, -0.2) is 0 Å². The second-order valence-corrected chi connectivity index (χ2v) is 5.52. The van der Waals surface area contributed by atoms with Gasteiger partial charge >= 0.3 is 0 Å². The van der Waals surface area contributed by atoms with E-state index in [4.69, 9.17) is 4.74 Å². The van der Waals surface area contributed by atoms with Crippen LogP contribution in [0.1, 0.15) is 17.7 Å². The third kappa shape index (κ3) is 3.42. The smallest absolute Gasteiger partial charge is 0.222 e. The van der Waals surface area contributed by atoms with Crippen LogP contribution in [0.2, 0.25) is 0 Å². The van der Waals surface area contributed by atoms with Gasteiger partial charge in [-0.1, -0.05) is 18.2 Å². The van der Waals surface area contributed by atoms with E-state index in [1.165, 1.54) is 5.56 Å². The highest BCUT2D eigenvalue weighted by Gasteiger charge is 2.24. The standard InChI is InChI=1S/C17H19N3O2/c1-20(17(21)7-6-14-11-18-8-9-19-14)12-15-10-13-4-2-3-5-16(13)22-15/h2-5,8-9,11,15H,6-7,10,12H2,1H3/t15-/m1/s1. The van der Waals surface area contributed by atoms with Crippen molar-refractivity contribution >= 4 is 5.91 Å². The van der Waals surface area contributed by atoms with Gasteiger partial charge in [-0.05, 0) is 18.1 Å². The number of amides is 1. The van der Waals surface area contributed by atoms with Crippen molar-refractivity contribution < 1.29 is 9.53 Å². The van der Waals surface area contributed by atoms with Gasteiger partial charge in [-0.3, -0.25) is 14.8 Å². The van der Waals surface area contributed by atoms with E-state index in [2.05, 4.69) is 16.0 Å². The SMILES string of the molecule is CN(C[C@H]1Cc2ccccc2O1)C(=O)CCc1cnccn1. The third-order valence-electron chi connectivity index (χ3n) is 3.83. The van der Waals surface area contributed by atoms with Crippen LogP contribution in [0, 0.1) is 0 Å². The first-order valence-electron chi connectivity index (χ1n) is 7.46. The highest BCUT2D eigenvalue weighted by atomic mass is 16.5. The molecule has 0 saturated heterocycles. The van der Waals surface area contributed by atoms with Gasteiger partial charge in [0.2, 0.25) is 5.91 Å². The molecule has 1 aliphatic heterocycles. The molecule has 5 heteroatoms. The van der Waals surface area contributed by atoms with Gasteiger partial charge in [-0.2, -0.15) is 0 Å². The van der Waals surface area contributed by atoms with Crippen molar-refractivity contribution in [2.75, 3.05) is 13.6 Å². The first-order valence-corrected chi connectivity index (χ1v) is 7.46. The number of hydrogen-bond donors (Lipinski definition) is 0. The maximum absolute atomic E-state index is 12.2. The predicted octanol–water partition coefficient (Wildman–Crippen LogP) is 1.87. The van der Waals surface area contributed by atoms with E-state index in [1.807, 2.05) is 25.2 Å². The fraction of sp³-hybridized carbons (Fsp3) is 0.353. The molecule has 3 rings (SSSR count). The summed E-state index contributed by atoms with van der Waals surface area (Å²) >= 11 is 0. The van der Waals surface area contributed by atoms with E-state index < -0.39 is 0 Å². The van der Waals surface area contributed by atoms with Crippen molar-refractivity contribution in [2.45, 2.75) is 25.4 Å². The lowest BCUT2D eigenvalue weighted by molar-refractivity contribution is -0.130. The number of nitrogens with zero attached hydrogens (tertiary/aromatic N) is 3. The molecule has 2 heterocycles. The lowest BCUT2D eigenvalue weighted by atomic mass is 10.1. The molecule has 22 heavy (non-hydrogen) atoms. The Labute approximate surface area is 130 Å². The summed E-state index contributed by atoms with van der Waals surface area (Å²) in [6.45, 7) is 0.605. The number of aromatic nitrogens is 2. The number of ether oxygens (including phenoxy) is 1. The molecule has 1 atom stereocenters. The van der Waals surface area contributed by atoms with Gasteiger partial charge in [0.1, 0.15) is 11.9 Å². The zero-order valence-electron chi connectivity index (χ0n) is 12.6. The molecule has 2 aromatic rings. The van der Waals surface area contributed by atoms with Crippen LogP contribution in [0.5, 0.6) is 5.75 Å². The van der Waals surface area contributed by atoms with E-state index >= 15 is 0 Å². The lowest BCUT2D eigenvalue weighted by Crippen LogP contribution is -2.36. The molecule has 1 aliphatic rings. The van der Waals surface area contributed by atoms with Crippen molar-refractivity contribution in [1.82, 2.24) is 14.9 Å². The third-order valence-corrected chi connectivity index (χ3v) is 3.83. The van der Waals surface area contributed by atoms with Crippen LogP contribution in [0.3, 0.4) is 0 Å². The van der Waals surface area contributed by atoms with E-state index in [-0.39, 0.29) is 12.0 Å². The van der Waals surface area contributed by atoms with Gasteiger partial charge in [0, 0.05) is 38.5 Å². The monoisotopic (exact) mass is 297 g/mol. The Morgan fingerprint density at radius 3 is 3.00 bits per heavy atom. The quantitative estimate of drug-likeness (QED) is 0.845. The van der Waals surface area contributed by atoms with E-state index in [1.54, 1.807) is 23.5 Å². The summed E-state index contributed by atoms with van der Waals surface area (Å²) in [6.07, 6.45) is 6.93. The molecule has 5 nitrogen and oxygen atoms in total. The number of benzene rings is 1. The molecule has 114 valence electrons. The number of fused-ring (bicyclic) bond motifs is 1. The van der Waals surface area contributed by atoms with Gasteiger partial charge < -0.3 is 9.64 Å². The van der Waals surface area contributed by atoms with Crippen LogP contribution >= 0.6 is 0 Å². The van der Waals surface area contributed by atoms with Crippen LogP contribution in [0.4, 0.5) is 0 Å². The molecule has 0 fully saturated rings. The Balaban J connectivity index is 1.48. The normalized spacial score (nSPS) is 16.0. The van der Waals surface area contributed by atoms with Gasteiger partial charge in [0.05, 0.1) is 12.2 Å². The molecule has 0 N–H and O–H groups in total. The molecular weight excluding hydrogens is 278 g/mol. The Morgan fingerprint density at radius 2 is 2.23 bits per heavy atom. The highest BCUT2D eigenvalue weighted by molar-refractivity contribution is 5.76. The van der Waals surface area contributed by atoms with Crippen molar-refractivity contribution in [3.05, 3.63) is 54.1 Å². The molecule has 0 saturated carbocycles. The highest BCUT2D eigenvalue weighted by Crippen LogP contribution is 2.28. The van der Waals surface area contributed by atoms with Crippen molar-refractivity contribution in [2.24, 2.45) is 0 Å². The maximum atomic E-state index is 12.2. The maximum Gasteiger partial charge on any atom is 0.222 e. The number of aryl methyl sites for hydroxylation is 1. The summed E-state index contributed by atoms with van der Waals surface area (Å²) in [6, 6.07) is 8.04. The van der Waals surface area contributed by atoms with Gasteiger partial charge in [0.25, 0.3) is 0 Å². The molecule has 0 unspecified atom stereocenters. The van der Waals surface area contributed by atoms with Gasteiger partial charge in [0.15, 0.2) is 0 Å². The van der Waals surface area contributed by atoms with Crippen LogP contribution in [0.25, 0.3) is 0 Å². The van der Waals surface area contributed by atoms with Crippen LogP contribution in [-0.2, 0) is 17.6 Å². The zero-order valence-corrected chi connectivity index (χ0v) is 12.6. The number of rotatable bonds is 5. The van der Waals surface area contributed by atoms with Crippen molar-refractivity contribution in [1.29, 1.82) is 0 Å². The second kappa shape index (κ2) is 6.56. The molecule has 0 radical (unpaired) electrons. The zero-order chi connectivity index (χ0) is 15.4. The number of carbonyl (C=O) groups is 1. The predicted molar refractivity (Wildman–Crippen MR) is 82.6 cm³/mol. The van der Waals surface area contributed by atoms with Crippen LogP contribution < -0.4 is 4.74 Å². The molecule has 1 amide bonds. The first kappa shape index (κ1) is 14.5. The Morgan fingerprint density at radius 1 is 1.36 bits per heavy atom. The fourth-order valence-corrected chi connectivity index (χ4v) is 2.65. The summed E-state index contributed by atoms with van der Waals surface area (Å²) < 4.78 is 5.87. The Hall–Kier alpha value is -2.43. The summed E-state index contributed by atoms with van der Waals surface area (Å²) in [5.74, 6) is 1.04. The number of para-hydroxylation sites is 1. The van der Waals surface area contributed by atoms with Crippen LogP contribution in [-0.4, -0.2) is 40.5 Å². The number of carbonyl (C=O) groups excluding carboxylic acids is 1. The minimum atomic E-state index is 0.0443. The molecule has 1 aromatic carbocycles. The number of hydrogen-bond acceptors (Lipinski definition) is 4. The summed E-state index contributed by atoms with van der Waals surface area (Å²) in [4.78, 5) is 22.1. The Kier molecular flexibility index (Phi) is 4.32. The number of likely N-dealkylation sites (N-methyl/N-ethyl adjacent to an activating group) is 1. The minimum Gasteiger partial charge on any atom is -0.488 e. The lowest BCUT2D eigenvalue weighted by Gasteiger charge is -2.21. The van der Waals surface area contributed by atoms with E-state index in [0.29, 0.717) is 19.4 Å². The average molecular weight is 297 g/mol. The van der Waals surface area contributed by atoms with Crippen molar-refractivity contribution in [3.8, 4) is 5.75 Å². The average Bonchev–Trinajstić information content (AvgIpc) is 2.95. The Bertz CT molecular complexity index is 620. The largest absolute Gasteiger partial charge is 0.488 e. The summed E-state index contributed by atoms with van der Waals surface area (Å²) in [7, 11) is 1.82. The molecule has 1 aromatic heterocycles. The summed E-state index contributed by atoms with van der Waals surface area (Å²) in [5.41, 5.74) is 2.06. The summed E-state index contributed by atoms with van der Waals surface area (Å²) in [5, 5.41) is 0. The molecule has 0 aliphatic carbocycles. The second-order valence-electron chi connectivity index (χ2n) is 5.52. The van der Waals surface area contributed by atoms with Crippen molar-refractivity contribution in [3.63, 3.8) is 0 Å². The van der Waals surface area contributed by atoms with Gasteiger partial charge in [-0.15, -0.1) is 0 Å². The first-order chi connectivity index (χ1) is 10.7. The minimum absolute atomic E-state index is 0.0443. The van der Waals surface area contributed by atoms with Crippen LogP contribution in [0.15, 0.2) is 42.9 Å². The fourth-order valence-electron chi connectivity index (χ4n) is 2.65.